The maximum absolute atomic E-state index is 13.5. The second-order valence-corrected chi connectivity index (χ2v) is 9.61. The Morgan fingerprint density at radius 3 is 2.55 bits per heavy atom. The summed E-state index contributed by atoms with van der Waals surface area (Å²) in [6.07, 6.45) is 0.693. The number of aromatic nitrogens is 2. The van der Waals surface area contributed by atoms with Crippen molar-refractivity contribution in [1.82, 2.24) is 10.1 Å². The number of para-hydroxylation sites is 1. The molecule has 3 aromatic carbocycles. The fourth-order valence-corrected chi connectivity index (χ4v) is 5.71. The third-order valence-electron chi connectivity index (χ3n) is 5.52. The van der Waals surface area contributed by atoms with Crippen molar-refractivity contribution in [3.05, 3.63) is 83.9 Å². The summed E-state index contributed by atoms with van der Waals surface area (Å²) in [4.78, 5) is 4.66. The van der Waals surface area contributed by atoms with Gasteiger partial charge in [0.15, 0.2) is 0 Å². The minimum absolute atomic E-state index is 0.150. The third kappa shape index (κ3) is 3.41. The molecule has 0 aliphatic carbocycles. The molecule has 0 N–H and O–H groups in total. The number of hydrogen-bond donors (Lipinski definition) is 0. The highest BCUT2D eigenvalue weighted by Gasteiger charge is 2.36. The van der Waals surface area contributed by atoms with Crippen LogP contribution >= 0.6 is 0 Å². The van der Waals surface area contributed by atoms with Crippen LogP contribution in [-0.2, 0) is 16.4 Å². The summed E-state index contributed by atoms with van der Waals surface area (Å²) in [5, 5.41) is 4.06. The van der Waals surface area contributed by atoms with Gasteiger partial charge < -0.3 is 4.52 Å². The average molecular weight is 432 g/mol. The number of benzene rings is 3. The van der Waals surface area contributed by atoms with Gasteiger partial charge in [-0.15, -0.1) is 0 Å². The maximum Gasteiger partial charge on any atom is 0.264 e. The first-order valence-electron chi connectivity index (χ1n) is 10.1. The van der Waals surface area contributed by atoms with E-state index >= 15 is 0 Å². The van der Waals surface area contributed by atoms with Gasteiger partial charge >= 0.3 is 0 Å². The second-order valence-electron chi connectivity index (χ2n) is 7.80. The van der Waals surface area contributed by atoms with Crippen LogP contribution in [0, 0.1) is 6.92 Å². The van der Waals surface area contributed by atoms with Crippen molar-refractivity contribution in [2.75, 3.05) is 4.31 Å². The molecule has 0 fully saturated rings. The van der Waals surface area contributed by atoms with Crippen molar-refractivity contribution in [3.8, 4) is 22.8 Å². The van der Waals surface area contributed by atoms with Crippen LogP contribution in [0.2, 0.25) is 0 Å². The Kier molecular flexibility index (Phi) is 4.63. The van der Waals surface area contributed by atoms with E-state index in [4.69, 9.17) is 4.52 Å². The van der Waals surface area contributed by atoms with E-state index < -0.39 is 10.0 Å². The first-order valence-corrected chi connectivity index (χ1v) is 11.5. The van der Waals surface area contributed by atoms with Crippen molar-refractivity contribution in [2.45, 2.75) is 31.2 Å². The minimum Gasteiger partial charge on any atom is -0.334 e. The van der Waals surface area contributed by atoms with Gasteiger partial charge in [0.1, 0.15) is 0 Å². The predicted molar refractivity (Wildman–Crippen MR) is 119 cm³/mol. The Hall–Kier alpha value is -3.45. The molecule has 0 saturated carbocycles. The number of aryl methyl sites for hydroxylation is 1. The molecule has 1 aromatic heterocycles. The largest absolute Gasteiger partial charge is 0.334 e. The third-order valence-corrected chi connectivity index (χ3v) is 7.44. The Morgan fingerprint density at radius 2 is 1.74 bits per heavy atom. The molecule has 1 unspecified atom stereocenters. The highest BCUT2D eigenvalue weighted by Crippen LogP contribution is 2.37. The molecule has 4 aromatic rings. The lowest BCUT2D eigenvalue weighted by molar-refractivity contribution is 0.432. The quantitative estimate of drug-likeness (QED) is 0.462. The normalized spacial score (nSPS) is 15.8. The van der Waals surface area contributed by atoms with Crippen molar-refractivity contribution < 1.29 is 12.9 Å². The van der Waals surface area contributed by atoms with Gasteiger partial charge in [-0.25, -0.2) is 8.42 Å². The van der Waals surface area contributed by atoms with E-state index in [-0.39, 0.29) is 16.8 Å². The summed E-state index contributed by atoms with van der Waals surface area (Å²) in [5.74, 6) is 0.743. The fourth-order valence-electron chi connectivity index (χ4n) is 3.97. The van der Waals surface area contributed by atoms with Crippen LogP contribution in [0.15, 0.2) is 82.2 Å². The van der Waals surface area contributed by atoms with E-state index in [0.29, 0.717) is 17.8 Å². The minimum atomic E-state index is -3.74. The zero-order valence-electron chi connectivity index (χ0n) is 17.2. The molecule has 2 heterocycles. The number of fused-ring (bicyclic) bond motifs is 1. The summed E-state index contributed by atoms with van der Waals surface area (Å²) in [5.41, 5.74) is 4.32. The van der Waals surface area contributed by atoms with Gasteiger partial charge in [-0.05, 0) is 50.1 Å². The van der Waals surface area contributed by atoms with Crippen LogP contribution in [-0.4, -0.2) is 24.6 Å². The summed E-state index contributed by atoms with van der Waals surface area (Å²) in [7, 11) is -3.74. The molecule has 6 nitrogen and oxygen atoms in total. The van der Waals surface area contributed by atoms with Gasteiger partial charge in [-0.3, -0.25) is 4.31 Å². The lowest BCUT2D eigenvalue weighted by Gasteiger charge is -2.24. The standard InChI is InChI=1S/C24H21N3O3S/c1-16-10-12-18(13-11-16)23-25-24(30-26-23)20-7-5-8-21(15-20)31(28,29)27-17(2)14-19-6-3-4-9-22(19)27/h3-13,15,17H,14H2,1-2H3. The van der Waals surface area contributed by atoms with E-state index in [1.807, 2.05) is 62.4 Å². The first-order chi connectivity index (χ1) is 14.9. The van der Waals surface area contributed by atoms with Gasteiger partial charge in [0.05, 0.1) is 10.6 Å². The van der Waals surface area contributed by atoms with E-state index in [0.717, 1.165) is 22.4 Å². The molecular weight excluding hydrogens is 410 g/mol. The number of rotatable bonds is 4. The summed E-state index contributed by atoms with van der Waals surface area (Å²) >= 11 is 0. The summed E-state index contributed by atoms with van der Waals surface area (Å²) < 4.78 is 34.0. The van der Waals surface area contributed by atoms with Gasteiger partial charge in [0.25, 0.3) is 15.9 Å². The molecule has 0 saturated heterocycles. The van der Waals surface area contributed by atoms with Crippen molar-refractivity contribution >= 4 is 15.7 Å². The molecule has 0 spiro atoms. The van der Waals surface area contributed by atoms with Gasteiger partial charge in [0, 0.05) is 17.2 Å². The zero-order chi connectivity index (χ0) is 21.6. The van der Waals surface area contributed by atoms with Gasteiger partial charge in [0.2, 0.25) is 5.82 Å². The van der Waals surface area contributed by atoms with Crippen LogP contribution in [0.3, 0.4) is 0 Å². The summed E-state index contributed by atoms with van der Waals surface area (Å²) in [6, 6.07) is 22.0. The molecule has 1 aliphatic rings. The Morgan fingerprint density at radius 1 is 0.968 bits per heavy atom. The lowest BCUT2D eigenvalue weighted by atomic mass is 10.1. The molecule has 0 radical (unpaired) electrons. The van der Waals surface area contributed by atoms with Crippen LogP contribution in [0.4, 0.5) is 5.69 Å². The van der Waals surface area contributed by atoms with E-state index in [9.17, 15) is 8.42 Å². The average Bonchev–Trinajstić information content (AvgIpc) is 3.39. The van der Waals surface area contributed by atoms with Crippen molar-refractivity contribution in [1.29, 1.82) is 0 Å². The van der Waals surface area contributed by atoms with Crippen molar-refractivity contribution in [2.24, 2.45) is 0 Å². The van der Waals surface area contributed by atoms with Crippen LogP contribution < -0.4 is 4.31 Å². The Bertz CT molecular complexity index is 1360. The molecule has 156 valence electrons. The van der Waals surface area contributed by atoms with Crippen LogP contribution in [0.5, 0.6) is 0 Å². The second kappa shape index (κ2) is 7.35. The molecular formula is C24H21N3O3S. The van der Waals surface area contributed by atoms with Crippen LogP contribution in [0.25, 0.3) is 22.8 Å². The molecule has 0 amide bonds. The van der Waals surface area contributed by atoms with Gasteiger partial charge in [-0.2, -0.15) is 4.98 Å². The Labute approximate surface area is 181 Å². The number of hydrogen-bond acceptors (Lipinski definition) is 5. The first kappa shape index (κ1) is 19.5. The highest BCUT2D eigenvalue weighted by molar-refractivity contribution is 7.92. The number of sulfonamides is 1. The lowest BCUT2D eigenvalue weighted by Crippen LogP contribution is -2.35. The van der Waals surface area contributed by atoms with E-state index in [1.54, 1.807) is 24.3 Å². The molecule has 5 rings (SSSR count). The van der Waals surface area contributed by atoms with Crippen LogP contribution in [0.1, 0.15) is 18.1 Å². The number of nitrogens with zero attached hydrogens (tertiary/aromatic N) is 3. The molecule has 31 heavy (non-hydrogen) atoms. The molecule has 0 bridgehead atoms. The molecule has 7 heteroatoms. The summed E-state index contributed by atoms with van der Waals surface area (Å²) in [6.45, 7) is 3.93. The van der Waals surface area contributed by atoms with E-state index in [2.05, 4.69) is 10.1 Å². The highest BCUT2D eigenvalue weighted by atomic mass is 32.2. The SMILES string of the molecule is Cc1ccc(-c2noc(-c3cccc(S(=O)(=O)N4c5ccccc5CC4C)c3)n2)cc1. The molecule has 1 atom stereocenters. The maximum atomic E-state index is 13.5. The number of anilines is 1. The van der Waals surface area contributed by atoms with Gasteiger partial charge in [-0.1, -0.05) is 59.3 Å². The fraction of sp³-hybridized carbons (Fsp3) is 0.167. The molecule has 1 aliphatic heterocycles. The Balaban J connectivity index is 1.51. The monoisotopic (exact) mass is 431 g/mol. The van der Waals surface area contributed by atoms with E-state index in [1.165, 1.54) is 4.31 Å². The predicted octanol–water partition coefficient (Wildman–Crippen LogP) is 4.85. The zero-order valence-corrected chi connectivity index (χ0v) is 18.0. The van der Waals surface area contributed by atoms with Crippen molar-refractivity contribution in [3.63, 3.8) is 0 Å². The topological polar surface area (TPSA) is 76.3 Å². The smallest absolute Gasteiger partial charge is 0.264 e.